The molecule has 35 heavy (non-hydrogen) atoms. The van der Waals surface area contributed by atoms with Crippen LogP contribution in [0.2, 0.25) is 15.3 Å². The van der Waals surface area contributed by atoms with Crippen molar-refractivity contribution in [2.24, 2.45) is 4.99 Å². The number of amides is 1. The Bertz CT molecular complexity index is 1550. The molecule has 0 saturated carbocycles. The van der Waals surface area contributed by atoms with Crippen LogP contribution in [0.3, 0.4) is 0 Å². The summed E-state index contributed by atoms with van der Waals surface area (Å²) in [7, 11) is 0. The van der Waals surface area contributed by atoms with Crippen molar-refractivity contribution in [2.75, 3.05) is 5.32 Å². The van der Waals surface area contributed by atoms with Crippen molar-refractivity contribution in [1.82, 2.24) is 20.5 Å². The Hall–Kier alpha value is -3.46. The van der Waals surface area contributed by atoms with E-state index in [4.69, 9.17) is 34.8 Å². The van der Waals surface area contributed by atoms with Crippen molar-refractivity contribution in [3.8, 4) is 0 Å². The maximum atomic E-state index is 15.0. The quantitative estimate of drug-likeness (QED) is 0.280. The van der Waals surface area contributed by atoms with Gasteiger partial charge < -0.3 is 10.6 Å². The maximum absolute atomic E-state index is 15.0. The summed E-state index contributed by atoms with van der Waals surface area (Å²) in [4.78, 5) is 22.2. The fraction of sp³-hybridized carbons (Fsp3) is 0.0833. The summed E-state index contributed by atoms with van der Waals surface area (Å²) < 4.78 is 15.0. The normalized spacial score (nSPS) is 15.7. The van der Waals surface area contributed by atoms with Gasteiger partial charge >= 0.3 is 0 Å². The van der Waals surface area contributed by atoms with Gasteiger partial charge in [0.1, 0.15) is 28.0 Å². The van der Waals surface area contributed by atoms with Gasteiger partial charge in [-0.1, -0.05) is 40.9 Å². The zero-order valence-electron chi connectivity index (χ0n) is 18.0. The highest BCUT2D eigenvalue weighted by molar-refractivity contribution is 6.34. The van der Waals surface area contributed by atoms with Crippen LogP contribution in [0, 0.1) is 5.82 Å². The molecular weight excluding hydrogens is 514 g/mol. The molecule has 0 spiro atoms. The van der Waals surface area contributed by atoms with Crippen LogP contribution in [0.1, 0.15) is 24.1 Å². The summed E-state index contributed by atoms with van der Waals surface area (Å²) in [6.45, 7) is 1.73. The van der Waals surface area contributed by atoms with Crippen LogP contribution in [0.5, 0.6) is 0 Å². The third-order valence-electron chi connectivity index (χ3n) is 5.51. The van der Waals surface area contributed by atoms with E-state index >= 15 is 4.39 Å². The number of carbonyl (C=O) groups is 1. The van der Waals surface area contributed by atoms with Crippen molar-refractivity contribution in [3.63, 3.8) is 0 Å². The van der Waals surface area contributed by atoms with Crippen LogP contribution in [0.15, 0.2) is 71.0 Å². The molecule has 0 radical (unpaired) electrons. The number of carbonyl (C=O) groups excluding carboxylic acids is 1. The molecular formula is C24H16Cl3FN6O. The number of aliphatic imine (C=N–C) groups is 1. The van der Waals surface area contributed by atoms with Crippen LogP contribution >= 0.6 is 34.8 Å². The molecule has 4 aromatic rings. The van der Waals surface area contributed by atoms with Gasteiger partial charge in [-0.15, -0.1) is 0 Å². The van der Waals surface area contributed by atoms with Crippen LogP contribution < -0.4 is 10.6 Å². The van der Waals surface area contributed by atoms with Gasteiger partial charge in [0.05, 0.1) is 11.1 Å². The number of fused-ring (bicyclic) bond motifs is 1. The second-order valence-electron chi connectivity index (χ2n) is 7.80. The van der Waals surface area contributed by atoms with Crippen molar-refractivity contribution in [1.29, 1.82) is 0 Å². The number of pyridine rings is 1. The SMILES string of the molecule is CC1=C(C(=O)Nc2ccc3n[nH]c(Cl)c3c2)C(c2ccc(Cl)cc2F)N=C(c2ccnc(Cl)c2)N1. The van der Waals surface area contributed by atoms with Crippen LogP contribution in [-0.2, 0) is 4.79 Å². The first-order valence-electron chi connectivity index (χ1n) is 10.4. The number of aromatic amines is 1. The van der Waals surface area contributed by atoms with Crippen LogP contribution in [0.4, 0.5) is 10.1 Å². The number of benzene rings is 2. The second-order valence-corrected chi connectivity index (χ2v) is 9.00. The Morgan fingerprint density at radius 2 is 1.91 bits per heavy atom. The van der Waals surface area contributed by atoms with E-state index in [9.17, 15) is 4.79 Å². The minimum absolute atomic E-state index is 0.200. The molecule has 3 N–H and O–H groups in total. The molecule has 11 heteroatoms. The van der Waals surface area contributed by atoms with E-state index in [2.05, 4.69) is 30.8 Å². The number of hydrogen-bond acceptors (Lipinski definition) is 5. The number of rotatable bonds is 4. The highest BCUT2D eigenvalue weighted by atomic mass is 35.5. The van der Waals surface area contributed by atoms with Crippen LogP contribution in [-0.4, -0.2) is 26.9 Å². The standard InChI is InChI=1S/C24H16Cl3FN6O/c1-11-20(24(35)31-14-3-5-18-16(10-14)22(27)34-33-18)21(15-4-2-13(25)9-17(15)28)32-23(30-11)12-6-7-29-19(26)8-12/h2-10,21H,1H3,(H,30,32)(H,31,35)(H,33,34). The Morgan fingerprint density at radius 3 is 2.69 bits per heavy atom. The molecule has 1 amide bonds. The summed E-state index contributed by atoms with van der Waals surface area (Å²) >= 11 is 18.2. The Balaban J connectivity index is 1.56. The predicted molar refractivity (Wildman–Crippen MR) is 136 cm³/mol. The predicted octanol–water partition coefficient (Wildman–Crippen LogP) is 6.06. The zero-order valence-corrected chi connectivity index (χ0v) is 20.3. The lowest BCUT2D eigenvalue weighted by Gasteiger charge is -2.27. The van der Waals surface area contributed by atoms with Gasteiger partial charge in [0.25, 0.3) is 5.91 Å². The molecule has 2 aromatic carbocycles. The minimum Gasteiger partial charge on any atom is -0.343 e. The van der Waals surface area contributed by atoms with E-state index in [1.165, 1.54) is 18.3 Å². The number of aromatic nitrogens is 3. The largest absolute Gasteiger partial charge is 0.343 e. The number of hydrogen-bond donors (Lipinski definition) is 3. The molecule has 1 aliphatic heterocycles. The highest BCUT2D eigenvalue weighted by Crippen LogP contribution is 2.35. The van der Waals surface area contributed by atoms with Gasteiger partial charge in [-0.2, -0.15) is 5.10 Å². The molecule has 176 valence electrons. The van der Waals surface area contributed by atoms with Crippen molar-refractivity contribution < 1.29 is 9.18 Å². The monoisotopic (exact) mass is 528 g/mol. The number of amidine groups is 1. The lowest BCUT2D eigenvalue weighted by atomic mass is 9.94. The van der Waals surface area contributed by atoms with Gasteiger partial charge in [0.15, 0.2) is 0 Å². The first-order valence-corrected chi connectivity index (χ1v) is 11.5. The smallest absolute Gasteiger partial charge is 0.255 e. The minimum atomic E-state index is -0.947. The summed E-state index contributed by atoms with van der Waals surface area (Å²) in [6.07, 6.45) is 1.54. The number of nitrogens with zero attached hydrogens (tertiary/aromatic N) is 3. The average molecular weight is 530 g/mol. The lowest BCUT2D eigenvalue weighted by Crippen LogP contribution is -2.34. The molecule has 1 unspecified atom stereocenters. The summed E-state index contributed by atoms with van der Waals surface area (Å²) in [5, 5.41) is 14.3. The number of halogens is 4. The third kappa shape index (κ3) is 4.60. The molecule has 0 bridgehead atoms. The number of allylic oxidation sites excluding steroid dienone is 1. The van der Waals surface area contributed by atoms with Gasteiger partial charge in [0.2, 0.25) is 0 Å². The fourth-order valence-electron chi connectivity index (χ4n) is 3.87. The maximum Gasteiger partial charge on any atom is 0.255 e. The number of H-pyrrole nitrogens is 1. The molecule has 0 aliphatic carbocycles. The van der Waals surface area contributed by atoms with Gasteiger partial charge in [-0.25, -0.2) is 9.37 Å². The topological polar surface area (TPSA) is 95.1 Å². The molecule has 2 aromatic heterocycles. The van der Waals surface area contributed by atoms with E-state index in [0.29, 0.717) is 38.8 Å². The van der Waals surface area contributed by atoms with E-state index in [1.807, 2.05) is 0 Å². The molecule has 3 heterocycles. The summed E-state index contributed by atoms with van der Waals surface area (Å²) in [5.74, 6) is -0.608. The highest BCUT2D eigenvalue weighted by Gasteiger charge is 2.31. The van der Waals surface area contributed by atoms with Crippen LogP contribution in [0.25, 0.3) is 10.9 Å². The van der Waals surface area contributed by atoms with E-state index in [-0.39, 0.29) is 21.3 Å². The second kappa shape index (κ2) is 9.30. The van der Waals surface area contributed by atoms with Gasteiger partial charge in [-0.05, 0) is 49.4 Å². The lowest BCUT2D eigenvalue weighted by molar-refractivity contribution is -0.113. The summed E-state index contributed by atoms with van der Waals surface area (Å²) in [5.41, 5.74) is 2.75. The van der Waals surface area contributed by atoms with Gasteiger partial charge in [-0.3, -0.25) is 14.9 Å². The van der Waals surface area contributed by atoms with Crippen molar-refractivity contribution in [2.45, 2.75) is 13.0 Å². The fourth-order valence-corrected chi connectivity index (χ4v) is 4.40. The Kier molecular flexibility index (Phi) is 6.19. The van der Waals surface area contributed by atoms with Gasteiger partial charge in [0, 0.05) is 39.1 Å². The van der Waals surface area contributed by atoms with Crippen molar-refractivity contribution in [3.05, 3.63) is 98.3 Å². The first kappa shape index (κ1) is 23.3. The zero-order chi connectivity index (χ0) is 24.7. The molecule has 0 fully saturated rings. The Labute approximate surface area is 214 Å². The van der Waals surface area contributed by atoms with E-state index < -0.39 is 17.8 Å². The molecule has 1 aliphatic rings. The molecule has 0 saturated heterocycles. The number of nitrogens with one attached hydrogen (secondary N) is 3. The van der Waals surface area contributed by atoms with Crippen molar-refractivity contribution >= 4 is 63.1 Å². The Morgan fingerprint density at radius 1 is 1.09 bits per heavy atom. The summed E-state index contributed by atoms with van der Waals surface area (Å²) in [6, 6.07) is 11.8. The van der Waals surface area contributed by atoms with E-state index in [0.717, 1.165) is 0 Å². The average Bonchev–Trinajstić information content (AvgIpc) is 3.18. The van der Waals surface area contributed by atoms with E-state index in [1.54, 1.807) is 43.3 Å². The third-order valence-corrected chi connectivity index (χ3v) is 6.24. The first-order chi connectivity index (χ1) is 16.8. The number of anilines is 1. The molecule has 1 atom stereocenters. The molecule has 7 nitrogen and oxygen atoms in total. The molecule has 5 rings (SSSR count).